The highest BCUT2D eigenvalue weighted by atomic mass is 16.4. The van der Waals surface area contributed by atoms with Gasteiger partial charge in [-0.2, -0.15) is 0 Å². The Labute approximate surface area is 128 Å². The van der Waals surface area contributed by atoms with Gasteiger partial charge in [0.1, 0.15) is 0 Å². The van der Waals surface area contributed by atoms with Crippen LogP contribution in [0.1, 0.15) is 84.0 Å². The van der Waals surface area contributed by atoms with Crippen LogP contribution in [0.2, 0.25) is 0 Å². The van der Waals surface area contributed by atoms with Crippen LogP contribution in [-0.2, 0) is 9.59 Å². The Hall–Kier alpha value is -1.06. The molecule has 122 valence electrons. The van der Waals surface area contributed by atoms with E-state index in [1.807, 2.05) is 0 Å². The van der Waals surface area contributed by atoms with Crippen molar-refractivity contribution in [2.75, 3.05) is 6.54 Å². The normalized spacial score (nSPS) is 16.2. The molecule has 0 aliphatic heterocycles. The van der Waals surface area contributed by atoms with E-state index >= 15 is 0 Å². The van der Waals surface area contributed by atoms with Crippen LogP contribution in [0.15, 0.2) is 0 Å². The molecule has 4 nitrogen and oxygen atoms in total. The Morgan fingerprint density at radius 2 is 1.67 bits per heavy atom. The summed E-state index contributed by atoms with van der Waals surface area (Å²) in [6.07, 6.45) is 12.2. The van der Waals surface area contributed by atoms with Crippen molar-refractivity contribution in [1.82, 2.24) is 5.32 Å². The Morgan fingerprint density at radius 3 is 2.19 bits per heavy atom. The van der Waals surface area contributed by atoms with Crippen molar-refractivity contribution in [3.8, 4) is 0 Å². The minimum Gasteiger partial charge on any atom is -0.481 e. The molecule has 0 radical (unpaired) electrons. The van der Waals surface area contributed by atoms with Gasteiger partial charge in [0.15, 0.2) is 0 Å². The lowest BCUT2D eigenvalue weighted by molar-refractivity contribution is -0.141. The molecule has 1 aliphatic rings. The van der Waals surface area contributed by atoms with E-state index in [0.717, 1.165) is 32.1 Å². The quantitative estimate of drug-likeness (QED) is 0.537. The van der Waals surface area contributed by atoms with Gasteiger partial charge < -0.3 is 10.4 Å². The topological polar surface area (TPSA) is 66.4 Å². The van der Waals surface area contributed by atoms with E-state index in [4.69, 9.17) is 5.11 Å². The van der Waals surface area contributed by atoms with Crippen molar-refractivity contribution < 1.29 is 14.7 Å². The van der Waals surface area contributed by atoms with E-state index in [1.54, 1.807) is 0 Å². The lowest BCUT2D eigenvalue weighted by Gasteiger charge is -2.40. The lowest BCUT2D eigenvalue weighted by atomic mass is 9.66. The van der Waals surface area contributed by atoms with Crippen molar-refractivity contribution in [3.63, 3.8) is 0 Å². The minimum atomic E-state index is -0.754. The highest BCUT2D eigenvalue weighted by Crippen LogP contribution is 2.43. The number of aliphatic carboxylic acids is 1. The van der Waals surface area contributed by atoms with E-state index < -0.39 is 5.97 Å². The van der Waals surface area contributed by atoms with Gasteiger partial charge in [0.05, 0.1) is 6.42 Å². The number of carboxylic acids is 1. The van der Waals surface area contributed by atoms with Crippen LogP contribution in [0.5, 0.6) is 0 Å². The van der Waals surface area contributed by atoms with Crippen LogP contribution in [0.25, 0.3) is 0 Å². The first-order valence-electron chi connectivity index (χ1n) is 8.56. The van der Waals surface area contributed by atoms with Crippen molar-refractivity contribution >= 4 is 11.9 Å². The molecule has 1 saturated carbocycles. The second kappa shape index (κ2) is 9.80. The highest BCUT2D eigenvalue weighted by molar-refractivity contribution is 5.76. The van der Waals surface area contributed by atoms with Gasteiger partial charge in [-0.15, -0.1) is 0 Å². The second-order valence-corrected chi connectivity index (χ2v) is 6.57. The van der Waals surface area contributed by atoms with Crippen LogP contribution in [-0.4, -0.2) is 23.5 Å². The largest absolute Gasteiger partial charge is 0.481 e. The monoisotopic (exact) mass is 297 g/mol. The van der Waals surface area contributed by atoms with Crippen LogP contribution in [0.3, 0.4) is 0 Å². The summed E-state index contributed by atoms with van der Waals surface area (Å²) < 4.78 is 0. The summed E-state index contributed by atoms with van der Waals surface area (Å²) in [5.41, 5.74) is -0.165. The third-order valence-electron chi connectivity index (χ3n) is 4.61. The zero-order valence-electron chi connectivity index (χ0n) is 13.5. The summed E-state index contributed by atoms with van der Waals surface area (Å²) in [5, 5.41) is 11.9. The van der Waals surface area contributed by atoms with Crippen molar-refractivity contribution in [2.45, 2.75) is 84.0 Å². The fourth-order valence-electron chi connectivity index (χ4n) is 3.03. The molecule has 1 fully saturated rings. The standard InChI is InChI=1S/C17H31NO3/c1-2-3-4-5-6-7-8-10-15(19)18-14-17(11-9-12-17)13-16(20)21/h2-14H2,1H3,(H,18,19)(H,20,21). The van der Waals surface area contributed by atoms with Gasteiger partial charge in [-0.25, -0.2) is 0 Å². The Kier molecular flexibility index (Phi) is 8.40. The Balaban J connectivity index is 2.04. The Bertz CT molecular complexity index is 324. The average molecular weight is 297 g/mol. The highest BCUT2D eigenvalue weighted by Gasteiger charge is 2.39. The fraction of sp³-hybridized carbons (Fsp3) is 0.882. The molecule has 1 amide bonds. The number of hydrogen-bond acceptors (Lipinski definition) is 2. The van der Waals surface area contributed by atoms with Crippen LogP contribution in [0.4, 0.5) is 0 Å². The zero-order chi connectivity index (χ0) is 15.6. The van der Waals surface area contributed by atoms with E-state index in [9.17, 15) is 9.59 Å². The zero-order valence-corrected chi connectivity index (χ0v) is 13.5. The molecule has 21 heavy (non-hydrogen) atoms. The predicted octanol–water partition coefficient (Wildman–Crippen LogP) is 3.89. The fourth-order valence-corrected chi connectivity index (χ4v) is 3.03. The number of rotatable bonds is 12. The number of amides is 1. The number of nitrogens with one attached hydrogen (secondary N) is 1. The molecule has 1 aliphatic carbocycles. The maximum Gasteiger partial charge on any atom is 0.303 e. The van der Waals surface area contributed by atoms with E-state index in [2.05, 4.69) is 12.2 Å². The minimum absolute atomic E-state index is 0.0835. The van der Waals surface area contributed by atoms with E-state index in [-0.39, 0.29) is 17.7 Å². The molecule has 0 heterocycles. The van der Waals surface area contributed by atoms with Gasteiger partial charge >= 0.3 is 5.97 Å². The number of carbonyl (C=O) groups excluding carboxylic acids is 1. The third kappa shape index (κ3) is 7.49. The summed E-state index contributed by atoms with van der Waals surface area (Å²) in [6.45, 7) is 2.75. The summed E-state index contributed by atoms with van der Waals surface area (Å²) in [4.78, 5) is 22.7. The molecule has 0 atom stereocenters. The molecule has 2 N–H and O–H groups in total. The molecule has 0 saturated heterocycles. The van der Waals surface area contributed by atoms with E-state index in [1.165, 1.54) is 32.1 Å². The van der Waals surface area contributed by atoms with Gasteiger partial charge in [0.2, 0.25) is 5.91 Å². The number of carboxylic acid groups (broad SMARTS) is 1. The molecule has 4 heteroatoms. The maximum atomic E-state index is 11.8. The molecular formula is C17H31NO3. The summed E-state index contributed by atoms with van der Waals surface area (Å²) in [5.74, 6) is -0.670. The van der Waals surface area contributed by atoms with E-state index in [0.29, 0.717) is 13.0 Å². The van der Waals surface area contributed by atoms with Crippen LogP contribution < -0.4 is 5.32 Å². The molecule has 0 unspecified atom stereocenters. The summed E-state index contributed by atoms with van der Waals surface area (Å²) in [7, 11) is 0. The van der Waals surface area contributed by atoms with Gasteiger partial charge in [-0.1, -0.05) is 51.9 Å². The van der Waals surface area contributed by atoms with Crippen molar-refractivity contribution in [3.05, 3.63) is 0 Å². The molecule has 0 bridgehead atoms. The summed E-state index contributed by atoms with van der Waals surface area (Å²) in [6, 6.07) is 0. The smallest absolute Gasteiger partial charge is 0.303 e. The number of hydrogen-bond donors (Lipinski definition) is 2. The van der Waals surface area contributed by atoms with Crippen molar-refractivity contribution in [1.29, 1.82) is 0 Å². The van der Waals surface area contributed by atoms with Gasteiger partial charge in [0, 0.05) is 13.0 Å². The SMILES string of the molecule is CCCCCCCCCC(=O)NCC1(CC(=O)O)CCC1. The van der Waals surface area contributed by atoms with Gasteiger partial charge in [0.25, 0.3) is 0 Å². The third-order valence-corrected chi connectivity index (χ3v) is 4.61. The second-order valence-electron chi connectivity index (χ2n) is 6.57. The molecular weight excluding hydrogens is 266 g/mol. The first-order valence-corrected chi connectivity index (χ1v) is 8.56. The lowest BCUT2D eigenvalue weighted by Crippen LogP contribution is -2.43. The number of unbranched alkanes of at least 4 members (excludes halogenated alkanes) is 6. The van der Waals surface area contributed by atoms with Crippen LogP contribution >= 0.6 is 0 Å². The Morgan fingerprint density at radius 1 is 1.05 bits per heavy atom. The number of carbonyl (C=O) groups is 2. The van der Waals surface area contributed by atoms with Crippen LogP contribution in [0, 0.1) is 5.41 Å². The predicted molar refractivity (Wildman–Crippen MR) is 84.2 cm³/mol. The summed E-state index contributed by atoms with van der Waals surface area (Å²) >= 11 is 0. The molecule has 0 spiro atoms. The first-order chi connectivity index (χ1) is 10.1. The van der Waals surface area contributed by atoms with Gasteiger partial charge in [-0.3, -0.25) is 9.59 Å². The average Bonchev–Trinajstić information content (AvgIpc) is 2.40. The molecule has 0 aromatic rings. The van der Waals surface area contributed by atoms with Gasteiger partial charge in [-0.05, 0) is 24.7 Å². The molecule has 0 aromatic carbocycles. The van der Waals surface area contributed by atoms with Crippen molar-refractivity contribution in [2.24, 2.45) is 5.41 Å². The first kappa shape index (κ1) is 18.0. The maximum absolute atomic E-state index is 11.8. The molecule has 0 aromatic heterocycles. The molecule has 1 rings (SSSR count).